The Morgan fingerprint density at radius 2 is 1.60 bits per heavy atom. The largest absolute Gasteiger partial charge is 0.467 e. The second-order valence-electron chi connectivity index (χ2n) is 3.99. The minimum atomic E-state index is -1.88. The summed E-state index contributed by atoms with van der Waals surface area (Å²) in [5.74, 6) is -1.89. The Kier molecular flexibility index (Phi) is 10.8. The number of hydrogen-bond donors (Lipinski definition) is 6. The maximum Gasteiger partial charge on any atom is 0.338 e. The average Bonchev–Trinajstić information content (AvgIpc) is 2.47. The van der Waals surface area contributed by atoms with Crippen LogP contribution in [0.15, 0.2) is 0 Å². The molecule has 0 aliphatic carbocycles. The molecule has 0 fully saturated rings. The second kappa shape index (κ2) is 11.6. The van der Waals surface area contributed by atoms with Gasteiger partial charge in [-0.05, 0) is 0 Å². The number of aliphatic hydroxyl groups excluding tert-OH is 2. The highest BCUT2D eigenvalue weighted by atomic mass is 16.5. The van der Waals surface area contributed by atoms with E-state index in [9.17, 15) is 19.8 Å². The molecule has 0 aromatic carbocycles. The lowest BCUT2D eigenvalue weighted by molar-refractivity contribution is -0.161. The first-order valence-corrected chi connectivity index (χ1v) is 6.37. The van der Waals surface area contributed by atoms with Gasteiger partial charge in [0.25, 0.3) is 5.91 Å². The molecule has 9 nitrogen and oxygen atoms in total. The molecule has 0 spiro atoms. The minimum absolute atomic E-state index is 0.265. The van der Waals surface area contributed by atoms with Crippen LogP contribution in [0.4, 0.5) is 0 Å². The van der Waals surface area contributed by atoms with Gasteiger partial charge in [0.2, 0.25) is 0 Å². The van der Waals surface area contributed by atoms with Crippen LogP contribution in [0.1, 0.15) is 0 Å². The lowest BCUT2D eigenvalue weighted by atomic mass is 10.2. The number of carbonyl (C=O) groups is 2. The van der Waals surface area contributed by atoms with Gasteiger partial charge in [0.1, 0.15) is 0 Å². The Labute approximate surface area is 117 Å². The lowest BCUT2D eigenvalue weighted by Gasteiger charge is -2.15. The predicted molar refractivity (Wildman–Crippen MR) is 71.8 cm³/mol. The quantitative estimate of drug-likeness (QED) is 0.167. The molecule has 1 amide bonds. The van der Waals surface area contributed by atoms with Gasteiger partial charge in [-0.3, -0.25) is 4.79 Å². The van der Waals surface area contributed by atoms with E-state index in [0.717, 1.165) is 20.2 Å². The summed E-state index contributed by atoms with van der Waals surface area (Å²) in [5, 5.41) is 27.2. The van der Waals surface area contributed by atoms with E-state index in [0.29, 0.717) is 19.6 Å². The van der Waals surface area contributed by atoms with Gasteiger partial charge >= 0.3 is 5.97 Å². The number of esters is 1. The number of aliphatic hydroxyl groups is 2. The van der Waals surface area contributed by atoms with E-state index in [4.69, 9.17) is 5.73 Å². The number of methoxy groups -OCH3 is 1. The molecule has 0 unspecified atom stereocenters. The van der Waals surface area contributed by atoms with Crippen molar-refractivity contribution in [3.05, 3.63) is 0 Å². The van der Waals surface area contributed by atoms with E-state index in [-0.39, 0.29) is 6.54 Å². The molecule has 7 N–H and O–H groups in total. The summed E-state index contributed by atoms with van der Waals surface area (Å²) >= 11 is 0. The zero-order valence-corrected chi connectivity index (χ0v) is 11.6. The molecule has 0 saturated heterocycles. The SMILES string of the molecule is COC(=O)[C@H](O)[C@@H](O)C(=O)NCCNCCNCCN. The van der Waals surface area contributed by atoms with Crippen molar-refractivity contribution in [2.24, 2.45) is 5.73 Å². The zero-order valence-electron chi connectivity index (χ0n) is 11.6. The topological polar surface area (TPSA) is 146 Å². The first-order chi connectivity index (χ1) is 9.54. The monoisotopic (exact) mass is 292 g/mol. The lowest BCUT2D eigenvalue weighted by Crippen LogP contribution is -2.47. The van der Waals surface area contributed by atoms with Crippen LogP contribution in [0.25, 0.3) is 0 Å². The van der Waals surface area contributed by atoms with Crippen molar-refractivity contribution < 1.29 is 24.5 Å². The molecular formula is C11H24N4O5. The molecule has 118 valence electrons. The van der Waals surface area contributed by atoms with E-state index in [1.54, 1.807) is 0 Å². The summed E-state index contributed by atoms with van der Waals surface area (Å²) in [6.07, 6.45) is -3.72. The van der Waals surface area contributed by atoms with Gasteiger partial charge in [0.05, 0.1) is 7.11 Å². The van der Waals surface area contributed by atoms with Crippen molar-refractivity contribution in [2.75, 3.05) is 46.4 Å². The van der Waals surface area contributed by atoms with E-state index in [1.165, 1.54) is 0 Å². The normalized spacial score (nSPS) is 13.6. The summed E-state index contributed by atoms with van der Waals surface area (Å²) in [6, 6.07) is 0. The first-order valence-electron chi connectivity index (χ1n) is 6.37. The maximum atomic E-state index is 11.4. The fourth-order valence-corrected chi connectivity index (χ4v) is 1.30. The van der Waals surface area contributed by atoms with Crippen LogP contribution in [0, 0.1) is 0 Å². The fourth-order valence-electron chi connectivity index (χ4n) is 1.30. The van der Waals surface area contributed by atoms with E-state index >= 15 is 0 Å². The Balaban J connectivity index is 3.65. The van der Waals surface area contributed by atoms with E-state index in [1.807, 2.05) is 0 Å². The third kappa shape index (κ3) is 8.02. The number of ether oxygens (including phenoxy) is 1. The molecule has 0 rings (SSSR count). The van der Waals surface area contributed by atoms with Gasteiger partial charge in [-0.15, -0.1) is 0 Å². The van der Waals surface area contributed by atoms with Gasteiger partial charge in [-0.1, -0.05) is 0 Å². The van der Waals surface area contributed by atoms with Crippen LogP contribution in [-0.4, -0.2) is 80.7 Å². The van der Waals surface area contributed by atoms with Crippen molar-refractivity contribution in [1.82, 2.24) is 16.0 Å². The zero-order chi connectivity index (χ0) is 15.4. The summed E-state index contributed by atoms with van der Waals surface area (Å²) in [4.78, 5) is 22.3. The van der Waals surface area contributed by atoms with Crippen LogP contribution in [0.3, 0.4) is 0 Å². The summed E-state index contributed by atoms with van der Waals surface area (Å²) in [5.41, 5.74) is 5.30. The number of carbonyl (C=O) groups excluding carboxylic acids is 2. The molecular weight excluding hydrogens is 268 g/mol. The standard InChI is InChI=1S/C11H24N4O5/c1-20-11(19)9(17)8(16)10(18)15-7-6-14-5-4-13-3-2-12/h8-9,13-14,16-17H,2-7,12H2,1H3,(H,15,18)/t8-,9-/m1/s1. The number of nitrogens with two attached hydrogens (primary N) is 1. The summed E-state index contributed by atoms with van der Waals surface area (Å²) in [6.45, 7) is 3.56. The van der Waals surface area contributed by atoms with E-state index in [2.05, 4.69) is 20.7 Å². The van der Waals surface area contributed by atoms with Crippen molar-refractivity contribution in [3.8, 4) is 0 Å². The fraction of sp³-hybridized carbons (Fsp3) is 0.818. The van der Waals surface area contributed by atoms with Crippen molar-refractivity contribution in [3.63, 3.8) is 0 Å². The van der Waals surface area contributed by atoms with Crippen molar-refractivity contribution in [1.29, 1.82) is 0 Å². The van der Waals surface area contributed by atoms with Crippen LogP contribution >= 0.6 is 0 Å². The average molecular weight is 292 g/mol. The Bertz CT molecular complexity index is 290. The van der Waals surface area contributed by atoms with Crippen LogP contribution < -0.4 is 21.7 Å². The van der Waals surface area contributed by atoms with Gasteiger partial charge < -0.3 is 36.6 Å². The second-order valence-corrected chi connectivity index (χ2v) is 3.99. The van der Waals surface area contributed by atoms with Crippen LogP contribution in [0.5, 0.6) is 0 Å². The highest BCUT2D eigenvalue weighted by Crippen LogP contribution is 1.96. The van der Waals surface area contributed by atoms with Crippen LogP contribution in [-0.2, 0) is 14.3 Å². The Hall–Kier alpha value is -1.26. The van der Waals surface area contributed by atoms with Gasteiger partial charge in [0, 0.05) is 39.3 Å². The molecule has 0 heterocycles. The van der Waals surface area contributed by atoms with Gasteiger partial charge in [0.15, 0.2) is 12.2 Å². The molecule has 20 heavy (non-hydrogen) atoms. The molecule has 0 aliphatic heterocycles. The Morgan fingerprint density at radius 3 is 2.15 bits per heavy atom. The Morgan fingerprint density at radius 1 is 1.05 bits per heavy atom. The first kappa shape index (κ1) is 18.7. The smallest absolute Gasteiger partial charge is 0.338 e. The predicted octanol–water partition coefficient (Wildman–Crippen LogP) is -3.86. The molecule has 0 saturated carbocycles. The van der Waals surface area contributed by atoms with Crippen LogP contribution in [0.2, 0.25) is 0 Å². The van der Waals surface area contributed by atoms with Crippen molar-refractivity contribution >= 4 is 11.9 Å². The minimum Gasteiger partial charge on any atom is -0.467 e. The van der Waals surface area contributed by atoms with Gasteiger partial charge in [-0.2, -0.15) is 0 Å². The van der Waals surface area contributed by atoms with E-state index < -0.39 is 24.1 Å². The number of hydrogen-bond acceptors (Lipinski definition) is 8. The third-order valence-corrected chi connectivity index (χ3v) is 2.41. The third-order valence-electron chi connectivity index (χ3n) is 2.41. The highest BCUT2D eigenvalue weighted by Gasteiger charge is 2.30. The molecule has 0 aromatic heterocycles. The maximum absolute atomic E-state index is 11.4. The number of amides is 1. The van der Waals surface area contributed by atoms with Gasteiger partial charge in [-0.25, -0.2) is 4.79 Å². The molecule has 0 radical (unpaired) electrons. The molecule has 0 aromatic rings. The van der Waals surface area contributed by atoms with Crippen molar-refractivity contribution in [2.45, 2.75) is 12.2 Å². The summed E-state index contributed by atoms with van der Waals surface area (Å²) < 4.78 is 4.22. The number of nitrogens with one attached hydrogen (secondary N) is 3. The highest BCUT2D eigenvalue weighted by molar-refractivity contribution is 5.88. The molecule has 0 bridgehead atoms. The summed E-state index contributed by atoms with van der Waals surface area (Å²) in [7, 11) is 1.05. The molecule has 2 atom stereocenters. The molecule has 9 heteroatoms. The molecule has 0 aliphatic rings. The number of rotatable bonds is 11.